The average molecular weight is 478 g/mol. The minimum absolute atomic E-state index is 0.0763. The average Bonchev–Trinajstić information content (AvgIpc) is 3.27. The Labute approximate surface area is 203 Å². The van der Waals surface area contributed by atoms with E-state index in [1.54, 1.807) is 18.0 Å². The van der Waals surface area contributed by atoms with Gasteiger partial charge in [0.2, 0.25) is 0 Å². The number of carbonyl (C=O) groups excluding carboxylic acids is 1. The van der Waals surface area contributed by atoms with Crippen LogP contribution in [-0.2, 0) is 31.0 Å². The van der Waals surface area contributed by atoms with Gasteiger partial charge >= 0.3 is 0 Å². The van der Waals surface area contributed by atoms with Crippen LogP contribution in [0.5, 0.6) is 5.75 Å². The monoisotopic (exact) mass is 477 g/mol. The molecule has 3 heterocycles. The molecule has 1 aromatic carbocycles. The maximum Gasteiger partial charge on any atom is 0.255 e. The van der Waals surface area contributed by atoms with Crippen LogP contribution in [0.1, 0.15) is 32.9 Å². The Morgan fingerprint density at radius 3 is 2.54 bits per heavy atom. The van der Waals surface area contributed by atoms with E-state index >= 15 is 0 Å². The first-order chi connectivity index (χ1) is 17.1. The summed E-state index contributed by atoms with van der Waals surface area (Å²) >= 11 is 0. The van der Waals surface area contributed by atoms with Crippen LogP contribution in [0, 0.1) is 5.82 Å². The highest BCUT2D eigenvalue weighted by molar-refractivity contribution is 5.95. The molecule has 1 N–H and O–H groups in total. The molecule has 2 aromatic heterocycles. The molecular formula is C26H28FN5O3. The number of aromatic nitrogens is 3. The zero-order valence-electron chi connectivity index (χ0n) is 19.8. The van der Waals surface area contributed by atoms with Gasteiger partial charge in [0.05, 0.1) is 38.1 Å². The van der Waals surface area contributed by atoms with Gasteiger partial charge in [-0.15, -0.1) is 0 Å². The first-order valence-corrected chi connectivity index (χ1v) is 11.2. The molecule has 0 aliphatic carbocycles. The number of halogens is 1. The second-order valence-electron chi connectivity index (χ2n) is 8.09. The van der Waals surface area contributed by atoms with Crippen LogP contribution >= 0.6 is 0 Å². The van der Waals surface area contributed by atoms with E-state index in [9.17, 15) is 9.18 Å². The molecule has 0 spiro atoms. The predicted octanol–water partition coefficient (Wildman–Crippen LogP) is 3.44. The van der Waals surface area contributed by atoms with Gasteiger partial charge in [0, 0.05) is 38.7 Å². The highest BCUT2D eigenvalue weighted by Crippen LogP contribution is 2.18. The van der Waals surface area contributed by atoms with Gasteiger partial charge < -0.3 is 19.7 Å². The molecule has 1 aliphatic rings. The van der Waals surface area contributed by atoms with Crippen LogP contribution in [0.4, 0.5) is 4.39 Å². The molecule has 0 saturated heterocycles. The Kier molecular flexibility index (Phi) is 7.89. The summed E-state index contributed by atoms with van der Waals surface area (Å²) in [5, 5.41) is 7.24. The number of hydrogen-bond acceptors (Lipinski definition) is 6. The summed E-state index contributed by atoms with van der Waals surface area (Å²) < 4.78 is 26.2. The lowest BCUT2D eigenvalue weighted by Gasteiger charge is -2.20. The third-order valence-corrected chi connectivity index (χ3v) is 5.56. The van der Waals surface area contributed by atoms with E-state index in [0.717, 1.165) is 18.7 Å². The normalized spacial score (nSPS) is 12.7. The summed E-state index contributed by atoms with van der Waals surface area (Å²) in [6.45, 7) is 2.34. The lowest BCUT2D eigenvalue weighted by atomic mass is 10.1. The smallest absolute Gasteiger partial charge is 0.255 e. The van der Waals surface area contributed by atoms with E-state index in [4.69, 9.17) is 9.47 Å². The van der Waals surface area contributed by atoms with Crippen molar-refractivity contribution in [2.75, 3.05) is 20.8 Å². The van der Waals surface area contributed by atoms with Crippen molar-refractivity contribution >= 4 is 5.91 Å². The van der Waals surface area contributed by atoms with Crippen LogP contribution in [0.3, 0.4) is 0 Å². The lowest BCUT2D eigenvalue weighted by molar-refractivity contribution is 0.0945. The maximum atomic E-state index is 14.3. The van der Waals surface area contributed by atoms with Crippen molar-refractivity contribution in [1.29, 1.82) is 0 Å². The van der Waals surface area contributed by atoms with Crippen molar-refractivity contribution in [3.63, 3.8) is 0 Å². The molecule has 0 radical (unpaired) electrons. The van der Waals surface area contributed by atoms with Gasteiger partial charge in [0.25, 0.3) is 5.91 Å². The fourth-order valence-corrected chi connectivity index (χ4v) is 3.78. The lowest BCUT2D eigenvalue weighted by Crippen LogP contribution is -2.24. The molecule has 1 aliphatic heterocycles. The predicted molar refractivity (Wildman–Crippen MR) is 129 cm³/mol. The fraction of sp³-hybridized carbons (Fsp3) is 0.269. The molecule has 35 heavy (non-hydrogen) atoms. The zero-order chi connectivity index (χ0) is 24.6. The summed E-state index contributed by atoms with van der Waals surface area (Å²) in [5.41, 5.74) is 3.24. The maximum absolute atomic E-state index is 14.3. The molecule has 8 nitrogen and oxygen atoms in total. The van der Waals surface area contributed by atoms with Gasteiger partial charge in [0.1, 0.15) is 5.69 Å². The largest absolute Gasteiger partial charge is 0.494 e. The molecular weight excluding hydrogens is 449 g/mol. The number of nitrogens with one attached hydrogen (secondary N) is 1. The molecule has 9 heteroatoms. The molecule has 0 atom stereocenters. The Morgan fingerprint density at radius 2 is 1.86 bits per heavy atom. The summed E-state index contributed by atoms with van der Waals surface area (Å²) in [6.07, 6.45) is 11.4. The number of hydrogen-bond donors (Lipinski definition) is 1. The van der Waals surface area contributed by atoms with Crippen molar-refractivity contribution in [3.8, 4) is 5.75 Å². The molecule has 182 valence electrons. The third-order valence-electron chi connectivity index (χ3n) is 5.56. The second kappa shape index (κ2) is 11.4. The van der Waals surface area contributed by atoms with Gasteiger partial charge in [-0.3, -0.25) is 14.5 Å². The Hall–Kier alpha value is -3.98. The summed E-state index contributed by atoms with van der Waals surface area (Å²) in [5.74, 6) is -0.905. The Balaban J connectivity index is 1.42. The van der Waals surface area contributed by atoms with Crippen LogP contribution in [0.15, 0.2) is 67.2 Å². The van der Waals surface area contributed by atoms with E-state index in [0.29, 0.717) is 17.8 Å². The van der Waals surface area contributed by atoms with E-state index in [2.05, 4.69) is 56.8 Å². The molecule has 4 rings (SSSR count). The topological polar surface area (TPSA) is 81.5 Å². The number of benzene rings is 1. The van der Waals surface area contributed by atoms with Crippen molar-refractivity contribution in [2.24, 2.45) is 0 Å². The Morgan fingerprint density at radius 1 is 1.09 bits per heavy atom. The third kappa shape index (κ3) is 6.13. The molecule has 0 unspecified atom stereocenters. The number of rotatable bonds is 10. The van der Waals surface area contributed by atoms with E-state index < -0.39 is 5.82 Å². The summed E-state index contributed by atoms with van der Waals surface area (Å²) in [4.78, 5) is 19.1. The number of allylic oxidation sites excluding steroid dienone is 2. The fourth-order valence-electron chi connectivity index (χ4n) is 3.78. The van der Waals surface area contributed by atoms with E-state index in [1.165, 1.54) is 24.9 Å². The number of carbonyl (C=O) groups is 1. The van der Waals surface area contributed by atoms with Crippen molar-refractivity contribution < 1.29 is 18.7 Å². The van der Waals surface area contributed by atoms with E-state index in [1.807, 2.05) is 12.2 Å². The highest BCUT2D eigenvalue weighted by Gasteiger charge is 2.18. The number of pyridine rings is 1. The van der Waals surface area contributed by atoms with Gasteiger partial charge in [-0.25, -0.2) is 4.39 Å². The van der Waals surface area contributed by atoms with Crippen LogP contribution in [0.2, 0.25) is 0 Å². The van der Waals surface area contributed by atoms with Crippen molar-refractivity contribution in [3.05, 3.63) is 101 Å². The van der Waals surface area contributed by atoms with E-state index in [-0.39, 0.29) is 30.5 Å². The van der Waals surface area contributed by atoms with Gasteiger partial charge in [0.15, 0.2) is 11.6 Å². The van der Waals surface area contributed by atoms with Gasteiger partial charge in [-0.1, -0.05) is 36.4 Å². The minimum atomic E-state index is -0.598. The number of ether oxygens (including phenoxy) is 2. The van der Waals surface area contributed by atoms with Crippen LogP contribution in [-0.4, -0.2) is 46.3 Å². The quantitative estimate of drug-likeness (QED) is 0.482. The van der Waals surface area contributed by atoms with Crippen molar-refractivity contribution in [2.45, 2.75) is 26.2 Å². The van der Waals surface area contributed by atoms with Crippen LogP contribution in [0.25, 0.3) is 0 Å². The zero-order valence-corrected chi connectivity index (χ0v) is 19.8. The first kappa shape index (κ1) is 24.2. The Bertz CT molecular complexity index is 1220. The summed E-state index contributed by atoms with van der Waals surface area (Å²) in [6, 6.07) is 9.76. The molecule has 3 aromatic rings. The molecule has 0 saturated carbocycles. The standard InChI is InChI=1S/C26H28FN5O3/c1-34-18-23-21(26(33)29-14-22-25(27)24(35-2)10-11-28-22)17-32(30-23)16-20-8-6-19(7-9-20)15-31-12-4-3-5-13-31/h3-12,17H,13-16,18H2,1-2H3,(H,29,33). The van der Waals surface area contributed by atoms with Gasteiger partial charge in [-0.05, 0) is 23.4 Å². The highest BCUT2D eigenvalue weighted by atomic mass is 19.1. The molecule has 0 bridgehead atoms. The van der Waals surface area contributed by atoms with Gasteiger partial charge in [-0.2, -0.15) is 5.10 Å². The minimum Gasteiger partial charge on any atom is -0.494 e. The number of methoxy groups -OCH3 is 2. The second-order valence-corrected chi connectivity index (χ2v) is 8.09. The molecule has 1 amide bonds. The first-order valence-electron chi connectivity index (χ1n) is 11.2. The number of nitrogens with zero attached hydrogens (tertiary/aromatic N) is 4. The molecule has 0 fully saturated rings. The van der Waals surface area contributed by atoms with Crippen molar-refractivity contribution in [1.82, 2.24) is 25.0 Å². The SMILES string of the molecule is COCc1nn(Cc2ccc(CN3C=CC=CC3)cc2)cc1C(=O)NCc1nccc(OC)c1F. The number of amides is 1. The summed E-state index contributed by atoms with van der Waals surface area (Å²) in [7, 11) is 2.92. The van der Waals surface area contributed by atoms with Crippen LogP contribution < -0.4 is 10.1 Å².